The van der Waals surface area contributed by atoms with E-state index in [4.69, 9.17) is 9.15 Å². The standard InChI is InChI=1S/C19H25N3O5S/c1-6-26-19(25)15-11(2)16(18(24)22(4)5)28-17(15)21-14(23)10-20-12(3)13-8-7-9-27-13/h7-9,12,20H,6,10H2,1-5H3,(H,21,23)/t12-/m0/s1. The van der Waals surface area contributed by atoms with Crippen molar-refractivity contribution in [2.75, 3.05) is 32.6 Å². The first-order valence-corrected chi connectivity index (χ1v) is 9.66. The van der Waals surface area contributed by atoms with Crippen molar-refractivity contribution in [3.8, 4) is 0 Å². The van der Waals surface area contributed by atoms with Crippen molar-refractivity contribution in [1.82, 2.24) is 10.2 Å². The first-order valence-electron chi connectivity index (χ1n) is 8.85. The van der Waals surface area contributed by atoms with Crippen molar-refractivity contribution in [2.45, 2.75) is 26.8 Å². The van der Waals surface area contributed by atoms with Gasteiger partial charge in [0.1, 0.15) is 10.8 Å². The van der Waals surface area contributed by atoms with Gasteiger partial charge in [0.2, 0.25) is 5.91 Å². The zero-order valence-corrected chi connectivity index (χ0v) is 17.4. The second-order valence-corrected chi connectivity index (χ2v) is 7.37. The number of ether oxygens (including phenoxy) is 1. The molecule has 0 unspecified atom stereocenters. The number of furan rings is 1. The van der Waals surface area contributed by atoms with Crippen molar-refractivity contribution in [1.29, 1.82) is 0 Å². The molecular formula is C19H25N3O5S. The molecule has 2 rings (SSSR count). The first kappa shape index (κ1) is 21.6. The minimum Gasteiger partial charge on any atom is -0.468 e. The third kappa shape index (κ3) is 4.99. The number of anilines is 1. The number of carbonyl (C=O) groups excluding carboxylic acids is 3. The van der Waals surface area contributed by atoms with E-state index >= 15 is 0 Å². The molecule has 2 N–H and O–H groups in total. The fourth-order valence-electron chi connectivity index (χ4n) is 2.51. The van der Waals surface area contributed by atoms with E-state index in [1.165, 1.54) is 4.90 Å². The van der Waals surface area contributed by atoms with Crippen LogP contribution in [0.3, 0.4) is 0 Å². The van der Waals surface area contributed by atoms with Crippen molar-refractivity contribution >= 4 is 34.1 Å². The van der Waals surface area contributed by atoms with Gasteiger partial charge in [0.05, 0.1) is 35.9 Å². The molecule has 0 bridgehead atoms. The largest absolute Gasteiger partial charge is 0.468 e. The summed E-state index contributed by atoms with van der Waals surface area (Å²) in [4.78, 5) is 39.0. The van der Waals surface area contributed by atoms with Gasteiger partial charge in [-0.15, -0.1) is 11.3 Å². The van der Waals surface area contributed by atoms with E-state index in [-0.39, 0.29) is 36.6 Å². The highest BCUT2D eigenvalue weighted by atomic mass is 32.1. The molecular weight excluding hydrogens is 382 g/mol. The second-order valence-electron chi connectivity index (χ2n) is 6.35. The fourth-order valence-corrected chi connectivity index (χ4v) is 3.75. The molecule has 2 heterocycles. The molecule has 0 aliphatic heterocycles. The van der Waals surface area contributed by atoms with E-state index in [0.717, 1.165) is 11.3 Å². The lowest BCUT2D eigenvalue weighted by Gasteiger charge is -2.11. The molecule has 8 nitrogen and oxygen atoms in total. The Morgan fingerprint density at radius 3 is 2.61 bits per heavy atom. The zero-order valence-electron chi connectivity index (χ0n) is 16.6. The Labute approximate surface area is 167 Å². The highest BCUT2D eigenvalue weighted by molar-refractivity contribution is 7.18. The highest BCUT2D eigenvalue weighted by Gasteiger charge is 2.27. The molecule has 0 aromatic carbocycles. The predicted molar refractivity (Wildman–Crippen MR) is 107 cm³/mol. The smallest absolute Gasteiger partial charge is 0.341 e. The van der Waals surface area contributed by atoms with Crippen molar-refractivity contribution in [3.05, 3.63) is 40.2 Å². The minimum atomic E-state index is -0.568. The Bertz CT molecular complexity index is 842. The van der Waals surface area contributed by atoms with E-state index in [0.29, 0.717) is 21.2 Å². The molecule has 0 aliphatic carbocycles. The van der Waals surface area contributed by atoms with Crippen LogP contribution in [0.15, 0.2) is 22.8 Å². The Balaban J connectivity index is 2.18. The summed E-state index contributed by atoms with van der Waals surface area (Å²) < 4.78 is 10.4. The van der Waals surface area contributed by atoms with Gasteiger partial charge in [-0.1, -0.05) is 0 Å². The summed E-state index contributed by atoms with van der Waals surface area (Å²) in [6.45, 7) is 5.45. The van der Waals surface area contributed by atoms with Crippen LogP contribution in [0.2, 0.25) is 0 Å². The number of thiophene rings is 1. The average Bonchev–Trinajstić information content (AvgIpc) is 3.27. The first-order chi connectivity index (χ1) is 13.3. The van der Waals surface area contributed by atoms with Gasteiger partial charge in [0, 0.05) is 14.1 Å². The van der Waals surface area contributed by atoms with Crippen LogP contribution in [0.1, 0.15) is 51.2 Å². The van der Waals surface area contributed by atoms with Crippen LogP contribution in [0.25, 0.3) is 0 Å². The Morgan fingerprint density at radius 1 is 1.32 bits per heavy atom. The van der Waals surface area contributed by atoms with Gasteiger partial charge in [0.25, 0.3) is 5.91 Å². The van der Waals surface area contributed by atoms with Crippen LogP contribution in [0.4, 0.5) is 5.00 Å². The van der Waals surface area contributed by atoms with E-state index in [1.54, 1.807) is 40.3 Å². The third-order valence-electron chi connectivity index (χ3n) is 4.02. The van der Waals surface area contributed by atoms with Crippen LogP contribution in [0, 0.1) is 6.92 Å². The molecule has 0 saturated heterocycles. The van der Waals surface area contributed by atoms with Gasteiger partial charge < -0.3 is 19.4 Å². The molecule has 2 aromatic heterocycles. The van der Waals surface area contributed by atoms with Crippen molar-refractivity contribution in [2.24, 2.45) is 0 Å². The lowest BCUT2D eigenvalue weighted by Crippen LogP contribution is -2.30. The molecule has 1 atom stereocenters. The van der Waals surface area contributed by atoms with E-state index < -0.39 is 5.97 Å². The Hall–Kier alpha value is -2.65. The summed E-state index contributed by atoms with van der Waals surface area (Å²) in [5.41, 5.74) is 0.707. The second kappa shape index (κ2) is 9.52. The molecule has 152 valence electrons. The van der Waals surface area contributed by atoms with Gasteiger partial charge in [-0.05, 0) is 38.5 Å². The number of amides is 2. The molecule has 28 heavy (non-hydrogen) atoms. The number of esters is 1. The maximum Gasteiger partial charge on any atom is 0.341 e. The Kier molecular flexibility index (Phi) is 7.36. The monoisotopic (exact) mass is 407 g/mol. The topological polar surface area (TPSA) is 101 Å². The summed E-state index contributed by atoms with van der Waals surface area (Å²) in [5, 5.41) is 6.07. The Morgan fingerprint density at radius 2 is 2.04 bits per heavy atom. The number of nitrogens with zero attached hydrogens (tertiary/aromatic N) is 1. The maximum atomic E-state index is 12.4. The number of hydrogen-bond acceptors (Lipinski definition) is 7. The lowest BCUT2D eigenvalue weighted by molar-refractivity contribution is -0.115. The normalized spacial score (nSPS) is 11.8. The van der Waals surface area contributed by atoms with Gasteiger partial charge in [-0.25, -0.2) is 4.79 Å². The van der Waals surface area contributed by atoms with Crippen LogP contribution >= 0.6 is 11.3 Å². The number of hydrogen-bond donors (Lipinski definition) is 2. The SMILES string of the molecule is CCOC(=O)c1c(NC(=O)CN[C@@H](C)c2ccco2)sc(C(=O)N(C)C)c1C. The number of rotatable bonds is 8. The summed E-state index contributed by atoms with van der Waals surface area (Å²) in [5.74, 6) is -0.431. The van der Waals surface area contributed by atoms with Crippen LogP contribution < -0.4 is 10.6 Å². The molecule has 2 aromatic rings. The van der Waals surface area contributed by atoms with Gasteiger partial charge in [0.15, 0.2) is 0 Å². The molecule has 0 saturated carbocycles. The number of nitrogens with one attached hydrogen (secondary N) is 2. The lowest BCUT2D eigenvalue weighted by atomic mass is 10.1. The zero-order chi connectivity index (χ0) is 20.8. The average molecular weight is 407 g/mol. The van der Waals surface area contributed by atoms with Crippen molar-refractivity contribution in [3.63, 3.8) is 0 Å². The number of carbonyl (C=O) groups is 3. The summed E-state index contributed by atoms with van der Waals surface area (Å²) >= 11 is 1.07. The van der Waals surface area contributed by atoms with Crippen molar-refractivity contribution < 1.29 is 23.5 Å². The third-order valence-corrected chi connectivity index (χ3v) is 5.21. The van der Waals surface area contributed by atoms with Gasteiger partial charge in [-0.3, -0.25) is 14.9 Å². The quantitative estimate of drug-likeness (QED) is 0.653. The molecule has 0 spiro atoms. The molecule has 0 radical (unpaired) electrons. The fraction of sp³-hybridized carbons (Fsp3) is 0.421. The van der Waals surface area contributed by atoms with Crippen LogP contribution in [-0.2, 0) is 9.53 Å². The van der Waals surface area contributed by atoms with E-state index in [1.807, 2.05) is 13.0 Å². The van der Waals surface area contributed by atoms with E-state index in [9.17, 15) is 14.4 Å². The molecule has 0 aliphatic rings. The van der Waals surface area contributed by atoms with E-state index in [2.05, 4.69) is 10.6 Å². The minimum absolute atomic E-state index is 0.0119. The summed E-state index contributed by atoms with van der Waals surface area (Å²) in [6, 6.07) is 3.44. The van der Waals surface area contributed by atoms with Crippen LogP contribution in [0.5, 0.6) is 0 Å². The van der Waals surface area contributed by atoms with Crippen LogP contribution in [-0.4, -0.2) is 49.9 Å². The maximum absolute atomic E-state index is 12.4. The molecule has 2 amide bonds. The predicted octanol–water partition coefficient (Wildman–Crippen LogP) is 2.82. The highest BCUT2D eigenvalue weighted by Crippen LogP contribution is 2.34. The van der Waals surface area contributed by atoms with Gasteiger partial charge >= 0.3 is 5.97 Å². The summed E-state index contributed by atoms with van der Waals surface area (Å²) in [7, 11) is 3.26. The van der Waals surface area contributed by atoms with Gasteiger partial charge in [-0.2, -0.15) is 0 Å². The molecule has 9 heteroatoms. The molecule has 0 fully saturated rings. The summed E-state index contributed by atoms with van der Waals surface area (Å²) in [6.07, 6.45) is 1.57.